The molecule has 1 aliphatic heterocycles. The molecular weight excluding hydrogens is 541 g/mol. The molecule has 28 heavy (non-hydrogen) atoms. The van der Waals surface area contributed by atoms with Crippen molar-refractivity contribution < 1.29 is 14.6 Å². The summed E-state index contributed by atoms with van der Waals surface area (Å²) >= 11 is 28.5. The van der Waals surface area contributed by atoms with Gasteiger partial charge < -0.3 is 20.5 Å². The Bertz CT molecular complexity index is 1040. The number of anilines is 1. The van der Waals surface area contributed by atoms with Crippen LogP contribution in [0.5, 0.6) is 0 Å². The second-order valence-corrected chi connectivity index (χ2v) is 10.9. The predicted molar refractivity (Wildman–Crippen MR) is 116 cm³/mol. The molecule has 0 radical (unpaired) electrons. The Hall–Kier alpha value is -0.230. The highest BCUT2D eigenvalue weighted by Gasteiger charge is 2.66. The highest BCUT2D eigenvalue weighted by atomic mass is 79.9. The molecule has 0 amide bonds. The van der Waals surface area contributed by atoms with Crippen LogP contribution in [0, 0.1) is 5.82 Å². The average molecular weight is 551 g/mol. The molecule has 1 aliphatic carbocycles. The van der Waals surface area contributed by atoms with E-state index in [1.807, 2.05) is 0 Å². The molecule has 2 heterocycles. The van der Waals surface area contributed by atoms with E-state index in [4.69, 9.17) is 46.4 Å². The number of H-pyrrole nitrogens is 1. The fourth-order valence-electron chi connectivity index (χ4n) is 2.83. The van der Waals surface area contributed by atoms with Crippen LogP contribution in [0.25, 0.3) is 10.9 Å². The molecule has 13 heteroatoms. The van der Waals surface area contributed by atoms with Crippen LogP contribution in [0.15, 0.2) is 40.4 Å². The van der Waals surface area contributed by atoms with Gasteiger partial charge in [-0.3, -0.25) is 0 Å². The van der Waals surface area contributed by atoms with Gasteiger partial charge in [0.05, 0.1) is 5.52 Å². The van der Waals surface area contributed by atoms with E-state index in [0.29, 0.717) is 16.6 Å². The fourth-order valence-corrected chi connectivity index (χ4v) is 5.24. The minimum Gasteiger partial charge on any atom is -0.361 e. The summed E-state index contributed by atoms with van der Waals surface area (Å²) in [6.07, 6.45) is 2.88. The van der Waals surface area contributed by atoms with Crippen molar-refractivity contribution in [3.8, 4) is 0 Å². The second kappa shape index (κ2) is 6.63. The molecule has 1 atom stereocenters. The van der Waals surface area contributed by atoms with Crippen molar-refractivity contribution in [1.82, 2.24) is 9.71 Å². The maximum atomic E-state index is 14.2. The van der Waals surface area contributed by atoms with Crippen LogP contribution in [0.2, 0.25) is 0 Å². The number of aromatic nitrogens is 1. The number of benzene rings is 1. The third kappa shape index (κ3) is 3.16. The predicted octanol–water partition coefficient (Wildman–Crippen LogP) is 4.34. The van der Waals surface area contributed by atoms with Gasteiger partial charge in [-0.15, -0.1) is 0 Å². The Morgan fingerprint density at radius 2 is 1.93 bits per heavy atom. The van der Waals surface area contributed by atoms with E-state index in [2.05, 4.69) is 35.9 Å². The normalized spacial score (nSPS) is 27.7. The topological polar surface area (TPSA) is 92.7 Å². The number of fused-ring (bicyclic) bond motifs is 2. The molecule has 4 rings (SSSR count). The molecule has 5 N–H and O–H groups in total. The summed E-state index contributed by atoms with van der Waals surface area (Å²) in [6.45, 7) is 0. The number of aromatic amines is 1. The summed E-state index contributed by atoms with van der Waals surface area (Å²) in [7, 11) is 0. The summed E-state index contributed by atoms with van der Waals surface area (Å²) in [4.78, 5) is 7.38. The van der Waals surface area contributed by atoms with Crippen molar-refractivity contribution >= 4 is 96.6 Å². The monoisotopic (exact) mass is 548 g/mol. The zero-order valence-corrected chi connectivity index (χ0v) is 18.8. The molecule has 1 aromatic heterocycles. The van der Waals surface area contributed by atoms with E-state index in [-0.39, 0.29) is 10.6 Å². The molecule has 0 fully saturated rings. The largest absolute Gasteiger partial charge is 0.361 e. The summed E-state index contributed by atoms with van der Waals surface area (Å²) < 4.78 is 11.3. The first-order chi connectivity index (χ1) is 12.9. The molecule has 1 unspecified atom stereocenters. The highest BCUT2D eigenvalue weighted by Crippen LogP contribution is 2.56. The maximum Gasteiger partial charge on any atom is 0.252 e. The van der Waals surface area contributed by atoms with Crippen molar-refractivity contribution in [3.05, 3.63) is 41.2 Å². The average Bonchev–Trinajstić information content (AvgIpc) is 3.04. The van der Waals surface area contributed by atoms with E-state index in [1.165, 1.54) is 12.1 Å². The molecule has 1 aromatic carbocycles. The Balaban J connectivity index is 1.75. The minimum atomic E-state index is -2.88. The molecule has 150 valence electrons. The van der Waals surface area contributed by atoms with E-state index >= 15 is 0 Å². The standard InChI is InChI=1S/C15H10BrCl4FN4O2S/c16-15(23-6-3-8(21)7-1-2-22-9(7)4-6)24-11-10(28-25-15)5-12(17,18)14(19,20)13(11,26)27/h1-5,22-23,25-27H. The SMILES string of the molecule is OC1(O)C2=NC(Br)(Nc3cc(F)c4cc[nH]c4c3)NSC2=CC(Cl)(Cl)C1(Cl)Cl. The van der Waals surface area contributed by atoms with Gasteiger partial charge in [-0.2, -0.15) is 0 Å². The van der Waals surface area contributed by atoms with Crippen LogP contribution < -0.4 is 10.0 Å². The lowest BCUT2D eigenvalue weighted by atomic mass is 9.96. The number of halogens is 6. The smallest absolute Gasteiger partial charge is 0.252 e. The van der Waals surface area contributed by atoms with Gasteiger partial charge in [0, 0.05) is 22.2 Å². The Morgan fingerprint density at radius 1 is 1.21 bits per heavy atom. The van der Waals surface area contributed by atoms with Gasteiger partial charge in [-0.1, -0.05) is 46.4 Å². The van der Waals surface area contributed by atoms with Crippen LogP contribution in [0.4, 0.5) is 10.1 Å². The van der Waals surface area contributed by atoms with E-state index in [1.54, 1.807) is 18.3 Å². The lowest BCUT2D eigenvalue weighted by Gasteiger charge is -2.47. The van der Waals surface area contributed by atoms with Crippen molar-refractivity contribution in [3.63, 3.8) is 0 Å². The van der Waals surface area contributed by atoms with E-state index in [0.717, 1.165) is 11.9 Å². The molecule has 0 bridgehead atoms. The van der Waals surface area contributed by atoms with E-state index < -0.39 is 25.0 Å². The third-order valence-electron chi connectivity index (χ3n) is 4.22. The summed E-state index contributed by atoms with van der Waals surface area (Å²) in [6, 6.07) is 4.56. The van der Waals surface area contributed by atoms with Gasteiger partial charge in [-0.05, 0) is 52.2 Å². The Kier molecular flexibility index (Phi) is 4.98. The molecule has 0 spiro atoms. The van der Waals surface area contributed by atoms with Crippen molar-refractivity contribution in [2.75, 3.05) is 5.32 Å². The lowest BCUT2D eigenvalue weighted by Crippen LogP contribution is -2.65. The first-order valence-electron chi connectivity index (χ1n) is 7.58. The molecule has 0 saturated heterocycles. The van der Waals surface area contributed by atoms with Gasteiger partial charge in [0.25, 0.3) is 4.70 Å². The Labute approximate surface area is 190 Å². The highest BCUT2D eigenvalue weighted by molar-refractivity contribution is 9.10. The number of nitrogens with zero attached hydrogens (tertiary/aromatic N) is 1. The molecule has 0 saturated carbocycles. The lowest BCUT2D eigenvalue weighted by molar-refractivity contribution is -0.112. The van der Waals surface area contributed by atoms with Gasteiger partial charge in [0.1, 0.15) is 11.5 Å². The fraction of sp³-hybridized carbons (Fsp3) is 0.267. The maximum absolute atomic E-state index is 14.2. The number of hydrogen-bond donors (Lipinski definition) is 5. The second-order valence-electron chi connectivity index (χ2n) is 6.19. The van der Waals surface area contributed by atoms with Gasteiger partial charge in [0.2, 0.25) is 10.1 Å². The molecule has 2 aliphatic rings. The van der Waals surface area contributed by atoms with Gasteiger partial charge in [0.15, 0.2) is 4.33 Å². The third-order valence-corrected chi connectivity index (χ3v) is 8.28. The number of aliphatic imine (C=N–C) groups is 1. The zero-order valence-electron chi connectivity index (χ0n) is 13.4. The van der Waals surface area contributed by atoms with Crippen LogP contribution in [0.3, 0.4) is 0 Å². The number of nitrogens with one attached hydrogen (secondary N) is 3. The molecular formula is C15H10BrCl4FN4O2S. The molecule has 6 nitrogen and oxygen atoms in total. The number of allylic oxidation sites excluding steroid dienone is 1. The first kappa shape index (κ1) is 21.0. The van der Waals surface area contributed by atoms with Crippen molar-refractivity contribution in [2.24, 2.45) is 4.99 Å². The van der Waals surface area contributed by atoms with Crippen molar-refractivity contribution in [1.29, 1.82) is 0 Å². The van der Waals surface area contributed by atoms with E-state index in [9.17, 15) is 14.6 Å². The van der Waals surface area contributed by atoms with Crippen LogP contribution >= 0.6 is 74.3 Å². The first-order valence-corrected chi connectivity index (χ1v) is 10.7. The summed E-state index contributed by atoms with van der Waals surface area (Å²) in [5.74, 6) is -3.33. The number of aliphatic hydroxyl groups is 2. The number of alkyl halides is 5. The minimum absolute atomic E-state index is 0.217. The van der Waals surface area contributed by atoms with Crippen molar-refractivity contribution in [2.45, 2.75) is 19.1 Å². The summed E-state index contributed by atoms with van der Waals surface area (Å²) in [5.41, 5.74) is 0.656. The molecule has 2 aromatic rings. The number of hydrogen-bond acceptors (Lipinski definition) is 6. The zero-order chi connectivity index (χ0) is 20.5. The van der Waals surface area contributed by atoms with Gasteiger partial charge in [-0.25, -0.2) is 14.1 Å². The van der Waals surface area contributed by atoms with Crippen LogP contribution in [-0.4, -0.2) is 40.1 Å². The van der Waals surface area contributed by atoms with Gasteiger partial charge >= 0.3 is 0 Å². The summed E-state index contributed by atoms with van der Waals surface area (Å²) in [5, 5.41) is 24.5. The quantitative estimate of drug-likeness (QED) is 0.166. The van der Waals surface area contributed by atoms with Crippen LogP contribution in [-0.2, 0) is 0 Å². The number of rotatable bonds is 2. The Morgan fingerprint density at radius 3 is 2.64 bits per heavy atom. The van der Waals surface area contributed by atoms with Crippen LogP contribution in [0.1, 0.15) is 0 Å².